The summed E-state index contributed by atoms with van der Waals surface area (Å²) in [4.78, 5) is 6.60. The molecule has 1 N–H and O–H groups in total. The van der Waals surface area contributed by atoms with Gasteiger partial charge in [-0.2, -0.15) is 0 Å². The van der Waals surface area contributed by atoms with Gasteiger partial charge in [0.2, 0.25) is 0 Å². The lowest BCUT2D eigenvalue weighted by Gasteiger charge is -2.28. The van der Waals surface area contributed by atoms with Crippen LogP contribution in [-0.4, -0.2) is 24.6 Å². The molecule has 2 heterocycles. The standard InChI is InChI=1S/C18H22ClN3/c1-2-12-22(15-4-3-9-21-13-15)18-16-8-11-20-10-7-14(16)5-6-17(18)19/h3-6,9,13,20H,2,7-8,10-12H2,1H3. The van der Waals surface area contributed by atoms with Gasteiger partial charge in [-0.3, -0.25) is 4.98 Å². The second kappa shape index (κ2) is 7.12. The van der Waals surface area contributed by atoms with Gasteiger partial charge in [-0.15, -0.1) is 0 Å². The molecule has 0 bridgehead atoms. The van der Waals surface area contributed by atoms with Gasteiger partial charge in [0.1, 0.15) is 0 Å². The molecule has 0 unspecified atom stereocenters. The maximum atomic E-state index is 6.61. The van der Waals surface area contributed by atoms with Gasteiger partial charge in [0, 0.05) is 12.7 Å². The molecule has 2 aromatic rings. The molecule has 3 nitrogen and oxygen atoms in total. The molecule has 0 aliphatic carbocycles. The molecule has 0 atom stereocenters. The summed E-state index contributed by atoms with van der Waals surface area (Å²) < 4.78 is 0. The summed E-state index contributed by atoms with van der Waals surface area (Å²) in [7, 11) is 0. The third-order valence-electron chi connectivity index (χ3n) is 4.13. The van der Waals surface area contributed by atoms with E-state index in [0.717, 1.165) is 55.3 Å². The van der Waals surface area contributed by atoms with Crippen molar-refractivity contribution in [3.8, 4) is 0 Å². The molecule has 0 spiro atoms. The van der Waals surface area contributed by atoms with E-state index in [4.69, 9.17) is 11.6 Å². The highest BCUT2D eigenvalue weighted by atomic mass is 35.5. The summed E-state index contributed by atoms with van der Waals surface area (Å²) in [6, 6.07) is 8.31. The Hall–Kier alpha value is -1.58. The van der Waals surface area contributed by atoms with Gasteiger partial charge in [0.25, 0.3) is 0 Å². The van der Waals surface area contributed by atoms with Crippen molar-refractivity contribution in [2.24, 2.45) is 0 Å². The number of pyridine rings is 1. The largest absolute Gasteiger partial charge is 0.339 e. The monoisotopic (exact) mass is 315 g/mol. The fourth-order valence-electron chi connectivity index (χ4n) is 3.12. The van der Waals surface area contributed by atoms with E-state index >= 15 is 0 Å². The van der Waals surface area contributed by atoms with Crippen LogP contribution in [0.15, 0.2) is 36.7 Å². The summed E-state index contributed by atoms with van der Waals surface area (Å²) >= 11 is 6.61. The lowest BCUT2D eigenvalue weighted by Crippen LogP contribution is -2.21. The topological polar surface area (TPSA) is 28.2 Å². The van der Waals surface area contributed by atoms with Crippen LogP contribution in [0.1, 0.15) is 24.5 Å². The Balaban J connectivity index is 2.11. The second-order valence-corrected chi connectivity index (χ2v) is 6.05. The minimum Gasteiger partial charge on any atom is -0.339 e. The molecule has 0 radical (unpaired) electrons. The van der Waals surface area contributed by atoms with E-state index in [-0.39, 0.29) is 0 Å². The first-order valence-corrected chi connectivity index (χ1v) is 8.37. The van der Waals surface area contributed by atoms with E-state index in [0.29, 0.717) is 0 Å². The fourth-order valence-corrected chi connectivity index (χ4v) is 3.40. The number of benzene rings is 1. The van der Waals surface area contributed by atoms with E-state index < -0.39 is 0 Å². The molecule has 1 aromatic heterocycles. The summed E-state index contributed by atoms with van der Waals surface area (Å²) in [5.41, 5.74) is 5.07. The molecule has 1 aromatic carbocycles. The van der Waals surface area contributed by atoms with Crippen LogP contribution >= 0.6 is 11.6 Å². The molecular weight excluding hydrogens is 294 g/mol. The Morgan fingerprint density at radius 1 is 1.23 bits per heavy atom. The van der Waals surface area contributed by atoms with Crippen LogP contribution in [0.25, 0.3) is 0 Å². The van der Waals surface area contributed by atoms with Gasteiger partial charge < -0.3 is 10.2 Å². The number of nitrogens with one attached hydrogen (secondary N) is 1. The maximum absolute atomic E-state index is 6.61. The number of nitrogens with zero attached hydrogens (tertiary/aromatic N) is 2. The molecule has 0 saturated heterocycles. The SMILES string of the molecule is CCCN(c1cccnc1)c1c(Cl)ccc2c1CCNCC2. The van der Waals surface area contributed by atoms with Crippen molar-refractivity contribution in [1.29, 1.82) is 0 Å². The molecule has 1 aliphatic heterocycles. The van der Waals surface area contributed by atoms with Crippen molar-refractivity contribution in [2.75, 3.05) is 24.5 Å². The Bertz CT molecular complexity index is 628. The van der Waals surface area contributed by atoms with Crippen LogP contribution in [0, 0.1) is 0 Å². The summed E-state index contributed by atoms with van der Waals surface area (Å²) in [6.45, 7) is 5.18. The Morgan fingerprint density at radius 3 is 2.86 bits per heavy atom. The van der Waals surface area contributed by atoms with Crippen LogP contribution in [0.5, 0.6) is 0 Å². The van der Waals surface area contributed by atoms with Gasteiger partial charge in [0.15, 0.2) is 0 Å². The summed E-state index contributed by atoms with van der Waals surface area (Å²) in [5, 5.41) is 4.31. The Morgan fingerprint density at radius 2 is 2.09 bits per heavy atom. The third kappa shape index (κ3) is 3.11. The average molecular weight is 316 g/mol. The quantitative estimate of drug-likeness (QED) is 0.925. The highest BCUT2D eigenvalue weighted by molar-refractivity contribution is 6.33. The number of fused-ring (bicyclic) bond motifs is 1. The fraction of sp³-hybridized carbons (Fsp3) is 0.389. The molecule has 22 heavy (non-hydrogen) atoms. The molecule has 116 valence electrons. The van der Waals surface area contributed by atoms with Crippen molar-refractivity contribution in [3.05, 3.63) is 52.8 Å². The number of aromatic nitrogens is 1. The van der Waals surface area contributed by atoms with E-state index in [1.54, 1.807) is 0 Å². The minimum absolute atomic E-state index is 0.831. The molecule has 4 heteroatoms. The molecular formula is C18H22ClN3. The zero-order valence-electron chi connectivity index (χ0n) is 13.0. The second-order valence-electron chi connectivity index (χ2n) is 5.65. The van der Waals surface area contributed by atoms with E-state index in [1.807, 2.05) is 24.5 Å². The molecule has 0 saturated carbocycles. The number of halogens is 1. The van der Waals surface area contributed by atoms with Gasteiger partial charge >= 0.3 is 0 Å². The normalized spacial score (nSPS) is 14.3. The number of hydrogen-bond acceptors (Lipinski definition) is 3. The highest BCUT2D eigenvalue weighted by Gasteiger charge is 2.20. The van der Waals surface area contributed by atoms with Crippen molar-refractivity contribution in [1.82, 2.24) is 10.3 Å². The predicted octanol–water partition coefficient (Wildman–Crippen LogP) is 3.97. The number of hydrogen-bond donors (Lipinski definition) is 1. The van der Waals surface area contributed by atoms with Gasteiger partial charge in [-0.05, 0) is 61.7 Å². The highest BCUT2D eigenvalue weighted by Crippen LogP contribution is 2.37. The van der Waals surface area contributed by atoms with Crippen LogP contribution < -0.4 is 10.2 Å². The zero-order chi connectivity index (χ0) is 15.4. The van der Waals surface area contributed by atoms with E-state index in [9.17, 15) is 0 Å². The first-order valence-electron chi connectivity index (χ1n) is 7.99. The van der Waals surface area contributed by atoms with Crippen molar-refractivity contribution in [3.63, 3.8) is 0 Å². The average Bonchev–Trinajstić information content (AvgIpc) is 2.79. The van der Waals surface area contributed by atoms with Gasteiger partial charge in [-0.25, -0.2) is 0 Å². The Kier molecular flexibility index (Phi) is 4.96. The van der Waals surface area contributed by atoms with Gasteiger partial charge in [0.05, 0.1) is 22.6 Å². The van der Waals surface area contributed by atoms with Crippen LogP contribution in [0.2, 0.25) is 5.02 Å². The lowest BCUT2D eigenvalue weighted by atomic mass is 9.99. The lowest BCUT2D eigenvalue weighted by molar-refractivity contribution is 0.710. The predicted molar refractivity (Wildman–Crippen MR) is 93.3 cm³/mol. The summed E-state index contributed by atoms with van der Waals surface area (Å²) in [6.07, 6.45) is 6.87. The zero-order valence-corrected chi connectivity index (χ0v) is 13.7. The first-order chi connectivity index (χ1) is 10.8. The Labute approximate surface area is 137 Å². The van der Waals surface area contributed by atoms with Crippen LogP contribution in [-0.2, 0) is 12.8 Å². The smallest absolute Gasteiger partial charge is 0.0646 e. The third-order valence-corrected chi connectivity index (χ3v) is 4.43. The molecule has 3 rings (SSSR count). The van der Waals surface area contributed by atoms with Crippen molar-refractivity contribution in [2.45, 2.75) is 26.2 Å². The first kappa shape index (κ1) is 15.3. The van der Waals surface area contributed by atoms with E-state index in [1.165, 1.54) is 11.1 Å². The van der Waals surface area contributed by atoms with E-state index in [2.05, 4.69) is 34.3 Å². The summed E-state index contributed by atoms with van der Waals surface area (Å²) in [5.74, 6) is 0. The van der Waals surface area contributed by atoms with Crippen molar-refractivity contribution < 1.29 is 0 Å². The molecule has 0 amide bonds. The minimum atomic E-state index is 0.831. The molecule has 0 fully saturated rings. The number of rotatable bonds is 4. The van der Waals surface area contributed by atoms with Crippen LogP contribution in [0.4, 0.5) is 11.4 Å². The molecule has 1 aliphatic rings. The maximum Gasteiger partial charge on any atom is 0.0646 e. The van der Waals surface area contributed by atoms with Crippen LogP contribution in [0.3, 0.4) is 0 Å². The van der Waals surface area contributed by atoms with Crippen molar-refractivity contribution >= 4 is 23.0 Å². The van der Waals surface area contributed by atoms with Gasteiger partial charge in [-0.1, -0.05) is 24.6 Å². The number of anilines is 2.